The molecule has 21 heavy (non-hydrogen) atoms. The molecule has 0 atom stereocenters. The van der Waals surface area contributed by atoms with E-state index in [1.54, 1.807) is 0 Å². The van der Waals surface area contributed by atoms with Gasteiger partial charge in [-0.2, -0.15) is 0 Å². The number of nitrogens with one attached hydrogen (secondary N) is 2. The minimum atomic E-state index is -0.614. The molecule has 2 aromatic rings. The van der Waals surface area contributed by atoms with Gasteiger partial charge in [-0.15, -0.1) is 0 Å². The van der Waals surface area contributed by atoms with Crippen LogP contribution in [0.5, 0.6) is 0 Å². The lowest BCUT2D eigenvalue weighted by molar-refractivity contribution is 0.102. The fourth-order valence-corrected chi connectivity index (χ4v) is 1.64. The van der Waals surface area contributed by atoms with Crippen molar-refractivity contribution in [3.63, 3.8) is 0 Å². The van der Waals surface area contributed by atoms with Gasteiger partial charge in [-0.05, 0) is 30.3 Å². The molecule has 0 radical (unpaired) electrons. The van der Waals surface area contributed by atoms with E-state index in [1.807, 2.05) is 0 Å². The highest BCUT2D eigenvalue weighted by molar-refractivity contribution is 6.03. The first kappa shape index (κ1) is 14.5. The summed E-state index contributed by atoms with van der Waals surface area (Å²) >= 11 is 0. The number of pyridine rings is 1. The predicted octanol–water partition coefficient (Wildman–Crippen LogP) is 1.08. The highest BCUT2D eigenvalue weighted by Gasteiger charge is 2.10. The third kappa shape index (κ3) is 3.55. The molecule has 0 spiro atoms. The van der Waals surface area contributed by atoms with Crippen LogP contribution < -0.4 is 16.6 Å². The van der Waals surface area contributed by atoms with Gasteiger partial charge in [0.15, 0.2) is 0 Å². The second-order valence-corrected chi connectivity index (χ2v) is 4.07. The van der Waals surface area contributed by atoms with Gasteiger partial charge in [0, 0.05) is 11.9 Å². The van der Waals surface area contributed by atoms with Crippen molar-refractivity contribution in [2.75, 3.05) is 11.9 Å². The van der Waals surface area contributed by atoms with Crippen molar-refractivity contribution in [1.82, 2.24) is 4.98 Å². The normalized spacial score (nSPS) is 9.62. The van der Waals surface area contributed by atoms with Gasteiger partial charge in [-0.25, -0.2) is 4.39 Å². The van der Waals surface area contributed by atoms with Crippen LogP contribution in [0.25, 0.3) is 0 Å². The average molecular weight is 285 g/mol. The van der Waals surface area contributed by atoms with Crippen molar-refractivity contribution in [2.24, 2.45) is 5.73 Å². The number of hydrogen-bond acceptors (Lipinski definition) is 3. The van der Waals surface area contributed by atoms with E-state index in [-0.39, 0.29) is 23.4 Å². The van der Waals surface area contributed by atoms with Crippen LogP contribution in [-0.2, 0) is 0 Å². The number of carbonyl (C=O) groups is 1. The number of anilines is 1. The summed E-state index contributed by atoms with van der Waals surface area (Å²) < 4.78 is 13.7. The second-order valence-electron chi connectivity index (χ2n) is 4.07. The number of aromatic nitrogens is 1. The summed E-state index contributed by atoms with van der Waals surface area (Å²) in [4.78, 5) is 25.8. The predicted molar refractivity (Wildman–Crippen MR) is 77.3 cm³/mol. The molecular formula is C15H12FN3O2. The minimum Gasteiger partial charge on any atom is -0.328 e. The number of amides is 1. The Bertz CT molecular complexity index is 787. The number of aromatic amines is 1. The maximum absolute atomic E-state index is 13.7. The van der Waals surface area contributed by atoms with Crippen LogP contribution in [0, 0.1) is 17.7 Å². The third-order valence-corrected chi connectivity index (χ3v) is 2.61. The van der Waals surface area contributed by atoms with Gasteiger partial charge in [-0.3, -0.25) is 9.59 Å². The largest absolute Gasteiger partial charge is 0.328 e. The number of benzene rings is 1. The zero-order valence-electron chi connectivity index (χ0n) is 10.9. The van der Waals surface area contributed by atoms with Gasteiger partial charge >= 0.3 is 0 Å². The molecule has 0 fully saturated rings. The summed E-state index contributed by atoms with van der Waals surface area (Å²) in [6, 6.07) is 6.98. The summed E-state index contributed by atoms with van der Waals surface area (Å²) in [5, 5.41) is 2.45. The summed E-state index contributed by atoms with van der Waals surface area (Å²) in [5.74, 6) is 3.93. The molecule has 1 amide bonds. The lowest BCUT2D eigenvalue weighted by atomic mass is 10.2. The Kier molecular flexibility index (Phi) is 4.49. The lowest BCUT2D eigenvalue weighted by Gasteiger charge is -2.05. The lowest BCUT2D eigenvalue weighted by Crippen LogP contribution is -2.22. The molecule has 0 aliphatic carbocycles. The number of hydrogen-bond donors (Lipinski definition) is 3. The van der Waals surface area contributed by atoms with Crippen molar-refractivity contribution in [3.05, 3.63) is 63.8 Å². The molecule has 6 heteroatoms. The Balaban J connectivity index is 2.21. The van der Waals surface area contributed by atoms with Crippen molar-refractivity contribution in [2.45, 2.75) is 0 Å². The molecule has 0 unspecified atom stereocenters. The summed E-state index contributed by atoms with van der Waals surface area (Å²) in [7, 11) is 0. The fraction of sp³-hybridized carbons (Fsp3) is 0.0667. The van der Waals surface area contributed by atoms with E-state index in [0.717, 1.165) is 6.07 Å². The Morgan fingerprint density at radius 3 is 2.86 bits per heavy atom. The van der Waals surface area contributed by atoms with Gasteiger partial charge in [0.05, 0.1) is 12.1 Å². The fourth-order valence-electron chi connectivity index (χ4n) is 1.64. The second kappa shape index (κ2) is 6.50. The Hall–Kier alpha value is -2.91. The monoisotopic (exact) mass is 285 g/mol. The van der Waals surface area contributed by atoms with Crippen LogP contribution in [0.4, 0.5) is 10.1 Å². The van der Waals surface area contributed by atoms with Crippen molar-refractivity contribution in [1.29, 1.82) is 0 Å². The third-order valence-electron chi connectivity index (χ3n) is 2.61. The van der Waals surface area contributed by atoms with Gasteiger partial charge in [0.2, 0.25) is 0 Å². The molecular weight excluding hydrogens is 273 g/mol. The van der Waals surface area contributed by atoms with E-state index >= 15 is 0 Å². The van der Waals surface area contributed by atoms with Gasteiger partial charge in [0.1, 0.15) is 11.4 Å². The molecule has 1 aromatic carbocycles. The van der Waals surface area contributed by atoms with E-state index in [9.17, 15) is 14.0 Å². The molecule has 1 aromatic heterocycles. The van der Waals surface area contributed by atoms with Gasteiger partial charge < -0.3 is 16.0 Å². The van der Waals surface area contributed by atoms with Crippen LogP contribution >= 0.6 is 0 Å². The molecule has 0 saturated heterocycles. The first-order valence-electron chi connectivity index (χ1n) is 6.09. The van der Waals surface area contributed by atoms with Crippen molar-refractivity contribution >= 4 is 11.6 Å². The molecule has 0 aliphatic rings. The Morgan fingerprint density at radius 2 is 2.19 bits per heavy atom. The molecule has 1 heterocycles. The highest BCUT2D eigenvalue weighted by Crippen LogP contribution is 2.14. The Morgan fingerprint density at radius 1 is 1.38 bits per heavy atom. The molecule has 106 valence electrons. The first-order valence-corrected chi connectivity index (χ1v) is 6.09. The Labute approximate surface area is 120 Å². The van der Waals surface area contributed by atoms with Crippen molar-refractivity contribution < 1.29 is 9.18 Å². The summed E-state index contributed by atoms with van der Waals surface area (Å²) in [5.41, 5.74) is 5.08. The number of nitrogens with two attached hydrogens (primary N) is 1. The van der Waals surface area contributed by atoms with Crippen LogP contribution in [0.15, 0.2) is 41.3 Å². The van der Waals surface area contributed by atoms with Crippen LogP contribution in [0.3, 0.4) is 0 Å². The standard InChI is InChI=1S/C15H12FN3O2/c16-13-9-11(6-5-10(13)3-1-7-17)19-15(21)12-4-2-8-18-14(12)20/h2,4-6,8-9H,7,17H2,(H,18,20)(H,19,21). The summed E-state index contributed by atoms with van der Waals surface area (Å²) in [6.07, 6.45) is 1.42. The smallest absolute Gasteiger partial charge is 0.261 e. The van der Waals surface area contributed by atoms with E-state index < -0.39 is 17.3 Å². The quantitative estimate of drug-likeness (QED) is 0.721. The van der Waals surface area contributed by atoms with Crippen LogP contribution in [0.2, 0.25) is 0 Å². The maximum atomic E-state index is 13.7. The molecule has 0 saturated carbocycles. The molecule has 0 aliphatic heterocycles. The van der Waals surface area contributed by atoms with Gasteiger partial charge in [0.25, 0.3) is 11.5 Å². The zero-order valence-corrected chi connectivity index (χ0v) is 10.9. The molecule has 5 nitrogen and oxygen atoms in total. The van der Waals surface area contributed by atoms with Crippen molar-refractivity contribution in [3.8, 4) is 11.8 Å². The number of halogens is 1. The summed E-state index contributed by atoms with van der Waals surface area (Å²) in [6.45, 7) is 0.134. The van der Waals surface area contributed by atoms with Crippen LogP contribution in [-0.4, -0.2) is 17.4 Å². The van der Waals surface area contributed by atoms with E-state index in [4.69, 9.17) is 5.73 Å². The molecule has 4 N–H and O–H groups in total. The molecule has 2 rings (SSSR count). The zero-order chi connectivity index (χ0) is 15.2. The highest BCUT2D eigenvalue weighted by atomic mass is 19.1. The van der Waals surface area contributed by atoms with E-state index in [0.29, 0.717) is 0 Å². The maximum Gasteiger partial charge on any atom is 0.261 e. The first-order chi connectivity index (χ1) is 10.1. The average Bonchev–Trinajstić information content (AvgIpc) is 2.47. The molecule has 0 bridgehead atoms. The van der Waals surface area contributed by atoms with Gasteiger partial charge in [-0.1, -0.05) is 11.8 Å². The minimum absolute atomic E-state index is 0.0510. The van der Waals surface area contributed by atoms with E-state index in [1.165, 1.54) is 30.5 Å². The number of rotatable bonds is 2. The van der Waals surface area contributed by atoms with Crippen LogP contribution in [0.1, 0.15) is 15.9 Å². The SMILES string of the molecule is NCC#Cc1ccc(NC(=O)c2ccc[nH]c2=O)cc1F. The van der Waals surface area contributed by atoms with E-state index in [2.05, 4.69) is 22.1 Å². The number of carbonyl (C=O) groups excluding carboxylic acids is 1. The number of H-pyrrole nitrogens is 1. The topological polar surface area (TPSA) is 88.0 Å².